The second kappa shape index (κ2) is 6.75. The van der Waals surface area contributed by atoms with Gasteiger partial charge in [0, 0.05) is 9.26 Å². The Kier molecular flexibility index (Phi) is 4.75. The summed E-state index contributed by atoms with van der Waals surface area (Å²) < 4.78 is 6.63. The predicted molar refractivity (Wildman–Crippen MR) is 82.9 cm³/mol. The first-order chi connectivity index (χ1) is 9.28. The van der Waals surface area contributed by atoms with E-state index in [1.54, 1.807) is 18.3 Å². The van der Waals surface area contributed by atoms with Gasteiger partial charge in [-0.05, 0) is 59.0 Å². The molecule has 0 radical (unpaired) electrons. The van der Waals surface area contributed by atoms with Gasteiger partial charge in [0.15, 0.2) is 0 Å². The molecule has 0 aliphatic carbocycles. The van der Waals surface area contributed by atoms with Crippen LogP contribution in [0.4, 0.5) is 5.69 Å². The molecule has 4 nitrogen and oxygen atoms in total. The van der Waals surface area contributed by atoms with Gasteiger partial charge < -0.3 is 10.1 Å². The number of halogens is 1. The number of anilines is 1. The normalized spacial score (nSPS) is 10.6. The van der Waals surface area contributed by atoms with Gasteiger partial charge in [0.05, 0.1) is 0 Å². The first-order valence-electron chi connectivity index (χ1n) is 5.50. The number of nitriles is 1. The molecular weight excluding hydrogens is 353 g/mol. The van der Waals surface area contributed by atoms with Gasteiger partial charge in [-0.15, -0.1) is 4.99 Å². The maximum absolute atomic E-state index is 8.68. The van der Waals surface area contributed by atoms with Crippen LogP contribution in [0.25, 0.3) is 0 Å². The highest BCUT2D eigenvalue weighted by Crippen LogP contribution is 2.13. The van der Waals surface area contributed by atoms with Crippen molar-refractivity contribution in [3.05, 3.63) is 58.2 Å². The fraction of sp³-hybridized carbons (Fsp3) is 0. The summed E-state index contributed by atoms with van der Waals surface area (Å²) in [4.78, 5) is 3.62. The predicted octanol–water partition coefficient (Wildman–Crippen LogP) is 3.62. The minimum Gasteiger partial charge on any atom is -0.425 e. The quantitative estimate of drug-likeness (QED) is 0.384. The summed E-state index contributed by atoms with van der Waals surface area (Å²) in [5, 5.41) is 11.6. The van der Waals surface area contributed by atoms with E-state index in [0.29, 0.717) is 5.75 Å². The zero-order chi connectivity index (χ0) is 13.5. The molecule has 5 heteroatoms. The first-order valence-corrected chi connectivity index (χ1v) is 6.58. The second-order valence-electron chi connectivity index (χ2n) is 3.56. The Labute approximate surface area is 124 Å². The van der Waals surface area contributed by atoms with E-state index in [4.69, 9.17) is 10.00 Å². The Morgan fingerprint density at radius 1 is 1.11 bits per heavy atom. The van der Waals surface area contributed by atoms with Crippen molar-refractivity contribution in [2.24, 2.45) is 4.99 Å². The molecule has 0 atom stereocenters. The average molecular weight is 363 g/mol. The summed E-state index contributed by atoms with van der Waals surface area (Å²) >= 11 is 2.22. The van der Waals surface area contributed by atoms with E-state index in [2.05, 4.69) is 32.9 Å². The SMILES string of the molecule is N#C/N=C(/Nc1ccc(I)cc1)Oc1ccccc1. The van der Waals surface area contributed by atoms with Crippen molar-refractivity contribution in [1.29, 1.82) is 5.26 Å². The largest absolute Gasteiger partial charge is 0.425 e. The molecule has 1 N–H and O–H groups in total. The molecular formula is C14H10IN3O. The lowest BCUT2D eigenvalue weighted by atomic mass is 10.3. The van der Waals surface area contributed by atoms with Gasteiger partial charge >= 0.3 is 6.02 Å². The van der Waals surface area contributed by atoms with Crippen LogP contribution in [0.5, 0.6) is 5.75 Å². The van der Waals surface area contributed by atoms with E-state index in [0.717, 1.165) is 9.26 Å². The first kappa shape index (κ1) is 13.4. The van der Waals surface area contributed by atoms with E-state index in [9.17, 15) is 0 Å². The summed E-state index contributed by atoms with van der Waals surface area (Å²) in [7, 11) is 0. The number of nitrogens with zero attached hydrogens (tertiary/aromatic N) is 2. The molecule has 0 saturated carbocycles. The zero-order valence-electron chi connectivity index (χ0n) is 9.88. The molecule has 0 spiro atoms. The van der Waals surface area contributed by atoms with Gasteiger partial charge in [-0.25, -0.2) is 0 Å². The third kappa shape index (κ3) is 4.26. The van der Waals surface area contributed by atoms with Crippen LogP contribution in [0.2, 0.25) is 0 Å². The van der Waals surface area contributed by atoms with Crippen molar-refractivity contribution in [1.82, 2.24) is 0 Å². The third-order valence-corrected chi connectivity index (χ3v) is 2.92. The monoisotopic (exact) mass is 363 g/mol. The fourth-order valence-corrected chi connectivity index (χ4v) is 1.74. The van der Waals surface area contributed by atoms with Gasteiger partial charge in [0.1, 0.15) is 5.75 Å². The van der Waals surface area contributed by atoms with E-state index in [1.807, 2.05) is 42.5 Å². The Hall–Kier alpha value is -2.07. The van der Waals surface area contributed by atoms with Crippen LogP contribution in [0.1, 0.15) is 0 Å². The van der Waals surface area contributed by atoms with Crippen LogP contribution in [0.3, 0.4) is 0 Å². The number of para-hydroxylation sites is 1. The average Bonchev–Trinajstić information content (AvgIpc) is 2.43. The molecule has 19 heavy (non-hydrogen) atoms. The van der Waals surface area contributed by atoms with Crippen LogP contribution in [0, 0.1) is 15.0 Å². The van der Waals surface area contributed by atoms with Gasteiger partial charge in [-0.2, -0.15) is 5.26 Å². The molecule has 0 fully saturated rings. The lowest BCUT2D eigenvalue weighted by Gasteiger charge is -2.09. The molecule has 0 aliphatic heterocycles. The van der Waals surface area contributed by atoms with Gasteiger partial charge in [0.25, 0.3) is 0 Å². The molecule has 0 unspecified atom stereocenters. The molecule has 0 heterocycles. The van der Waals surface area contributed by atoms with Crippen LogP contribution in [0.15, 0.2) is 59.6 Å². The van der Waals surface area contributed by atoms with Crippen LogP contribution in [-0.4, -0.2) is 6.02 Å². The number of rotatable bonds is 2. The topological polar surface area (TPSA) is 57.4 Å². The summed E-state index contributed by atoms with van der Waals surface area (Å²) in [5.74, 6) is 0.620. The highest BCUT2D eigenvalue weighted by atomic mass is 127. The zero-order valence-corrected chi connectivity index (χ0v) is 12.0. The van der Waals surface area contributed by atoms with Crippen LogP contribution in [-0.2, 0) is 0 Å². The van der Waals surface area contributed by atoms with E-state index in [-0.39, 0.29) is 6.02 Å². The highest BCUT2D eigenvalue weighted by Gasteiger charge is 2.03. The number of hydrogen-bond donors (Lipinski definition) is 1. The minimum absolute atomic E-state index is 0.148. The number of hydrogen-bond acceptors (Lipinski definition) is 3. The number of aliphatic imine (C=N–C) groups is 1. The molecule has 0 aliphatic rings. The number of benzene rings is 2. The van der Waals surface area contributed by atoms with E-state index >= 15 is 0 Å². The van der Waals surface area contributed by atoms with Gasteiger partial charge in [-0.3, -0.25) is 0 Å². The fourth-order valence-electron chi connectivity index (χ4n) is 1.38. The third-order valence-electron chi connectivity index (χ3n) is 2.20. The van der Waals surface area contributed by atoms with Crippen molar-refractivity contribution >= 4 is 34.3 Å². The standard InChI is InChI=1S/C14H10IN3O/c15-11-6-8-12(9-7-11)18-14(17-10-16)19-13-4-2-1-3-5-13/h1-9H,(H,17,18). The molecule has 94 valence electrons. The smallest absolute Gasteiger partial charge is 0.310 e. The summed E-state index contributed by atoms with van der Waals surface area (Å²) in [6.07, 6.45) is 1.72. The summed E-state index contributed by atoms with van der Waals surface area (Å²) in [6.45, 7) is 0. The van der Waals surface area contributed by atoms with Crippen molar-refractivity contribution in [3.8, 4) is 11.9 Å². The molecule has 0 aromatic heterocycles. The van der Waals surface area contributed by atoms with Crippen LogP contribution >= 0.6 is 22.6 Å². The lowest BCUT2D eigenvalue weighted by Crippen LogP contribution is -2.19. The Morgan fingerprint density at radius 2 is 1.79 bits per heavy atom. The summed E-state index contributed by atoms with van der Waals surface area (Å²) in [6, 6.07) is 17.0. The highest BCUT2D eigenvalue weighted by molar-refractivity contribution is 14.1. The van der Waals surface area contributed by atoms with E-state index in [1.165, 1.54) is 0 Å². The van der Waals surface area contributed by atoms with Crippen molar-refractivity contribution in [2.75, 3.05) is 5.32 Å². The Balaban J connectivity index is 2.11. The second-order valence-corrected chi connectivity index (χ2v) is 4.81. The van der Waals surface area contributed by atoms with Gasteiger partial charge in [0.2, 0.25) is 6.19 Å². The molecule has 2 aromatic rings. The Bertz CT molecular complexity index is 603. The molecule has 0 bridgehead atoms. The molecule has 2 rings (SSSR count). The van der Waals surface area contributed by atoms with Gasteiger partial charge in [-0.1, -0.05) is 18.2 Å². The molecule has 0 saturated heterocycles. The van der Waals surface area contributed by atoms with E-state index < -0.39 is 0 Å². The van der Waals surface area contributed by atoms with Crippen molar-refractivity contribution in [3.63, 3.8) is 0 Å². The number of amidine groups is 1. The van der Waals surface area contributed by atoms with Crippen molar-refractivity contribution < 1.29 is 4.74 Å². The molecule has 2 aromatic carbocycles. The van der Waals surface area contributed by atoms with Crippen LogP contribution < -0.4 is 10.1 Å². The number of nitrogens with one attached hydrogen (secondary N) is 1. The van der Waals surface area contributed by atoms with Crippen molar-refractivity contribution in [2.45, 2.75) is 0 Å². The maximum atomic E-state index is 8.68. The number of ether oxygens (including phenoxy) is 1. The lowest BCUT2D eigenvalue weighted by molar-refractivity contribution is 0.549. The maximum Gasteiger partial charge on any atom is 0.310 e. The Morgan fingerprint density at radius 3 is 2.42 bits per heavy atom. The minimum atomic E-state index is 0.148. The molecule has 0 amide bonds. The summed E-state index contributed by atoms with van der Waals surface area (Å²) in [5.41, 5.74) is 0.811.